The Morgan fingerprint density at radius 1 is 1.14 bits per heavy atom. The Balaban J connectivity index is 1.97. The number of H-pyrrole nitrogens is 1. The van der Waals surface area contributed by atoms with Crippen LogP contribution in [0.2, 0.25) is 5.02 Å². The van der Waals surface area contributed by atoms with Gasteiger partial charge in [-0.3, -0.25) is 9.78 Å². The molecule has 4 rings (SSSR count). The molecule has 0 bridgehead atoms. The predicted octanol–water partition coefficient (Wildman–Crippen LogP) is 3.97. The summed E-state index contributed by atoms with van der Waals surface area (Å²) < 4.78 is 0. The minimum Gasteiger partial charge on any atom is -0.322 e. The third kappa shape index (κ3) is 2.06. The summed E-state index contributed by atoms with van der Waals surface area (Å²) >= 11 is 6.10. The van der Waals surface area contributed by atoms with Gasteiger partial charge in [-0.15, -0.1) is 0 Å². The molecular formula is C18H13ClN2O. The summed E-state index contributed by atoms with van der Waals surface area (Å²) in [5, 5.41) is 0.676. The van der Waals surface area contributed by atoms with E-state index >= 15 is 0 Å². The molecule has 3 nitrogen and oxygen atoms in total. The van der Waals surface area contributed by atoms with E-state index in [1.165, 1.54) is 5.56 Å². The number of benzene rings is 1. The zero-order valence-corrected chi connectivity index (χ0v) is 12.7. The average molecular weight is 309 g/mol. The largest absolute Gasteiger partial charge is 0.322 e. The van der Waals surface area contributed by atoms with Crippen LogP contribution in [0.5, 0.6) is 0 Å². The highest BCUT2D eigenvalue weighted by Gasteiger charge is 2.23. The fourth-order valence-electron chi connectivity index (χ4n) is 3.01. The maximum Gasteiger partial charge on any atom is 0.249 e. The first kappa shape index (κ1) is 13.3. The predicted molar refractivity (Wildman–Crippen MR) is 88.3 cm³/mol. The molecule has 1 aromatic carbocycles. The summed E-state index contributed by atoms with van der Waals surface area (Å²) in [6, 6.07) is 11.4. The third-order valence-electron chi connectivity index (χ3n) is 4.08. The van der Waals surface area contributed by atoms with Gasteiger partial charge < -0.3 is 4.98 Å². The van der Waals surface area contributed by atoms with E-state index in [4.69, 9.17) is 11.6 Å². The first-order valence-corrected chi connectivity index (χ1v) is 7.47. The highest BCUT2D eigenvalue weighted by molar-refractivity contribution is 6.31. The molecule has 0 atom stereocenters. The van der Waals surface area contributed by atoms with E-state index < -0.39 is 0 Å². The van der Waals surface area contributed by atoms with Crippen LogP contribution in [0.25, 0.3) is 22.4 Å². The summed E-state index contributed by atoms with van der Waals surface area (Å²) in [6.07, 6.45) is 2.61. The van der Waals surface area contributed by atoms with Crippen LogP contribution in [0, 0.1) is 6.92 Å². The fourth-order valence-corrected chi connectivity index (χ4v) is 3.18. The van der Waals surface area contributed by atoms with E-state index in [0.717, 1.165) is 40.1 Å². The summed E-state index contributed by atoms with van der Waals surface area (Å²) in [5.74, 6) is 0. The van der Waals surface area contributed by atoms with Crippen molar-refractivity contribution in [2.45, 2.75) is 13.3 Å². The summed E-state index contributed by atoms with van der Waals surface area (Å²) in [6.45, 7) is 1.95. The van der Waals surface area contributed by atoms with Crippen LogP contribution >= 0.6 is 11.6 Å². The Kier molecular flexibility index (Phi) is 2.91. The minimum atomic E-state index is -0.109. The molecule has 0 saturated heterocycles. The summed E-state index contributed by atoms with van der Waals surface area (Å²) in [5.41, 5.74) is 6.96. The molecule has 0 unspecified atom stereocenters. The molecule has 108 valence electrons. The molecule has 3 aromatic rings. The van der Waals surface area contributed by atoms with Gasteiger partial charge in [0.1, 0.15) is 0 Å². The van der Waals surface area contributed by atoms with Crippen LogP contribution in [0.4, 0.5) is 0 Å². The first-order chi connectivity index (χ1) is 10.6. The van der Waals surface area contributed by atoms with Crippen molar-refractivity contribution in [1.82, 2.24) is 9.97 Å². The van der Waals surface area contributed by atoms with Gasteiger partial charge >= 0.3 is 0 Å². The lowest BCUT2D eigenvalue weighted by Gasteiger charge is -2.08. The van der Waals surface area contributed by atoms with Crippen LogP contribution in [-0.2, 0) is 6.42 Å². The number of hydrogen-bond donors (Lipinski definition) is 1. The summed E-state index contributed by atoms with van der Waals surface area (Å²) in [7, 11) is 0. The molecule has 4 heteroatoms. The van der Waals surface area contributed by atoms with Gasteiger partial charge in [0.15, 0.2) is 0 Å². The Hall–Kier alpha value is -2.39. The topological polar surface area (TPSA) is 45.8 Å². The normalized spacial score (nSPS) is 12.1. The first-order valence-electron chi connectivity index (χ1n) is 7.10. The number of aryl methyl sites for hydroxylation is 1. The van der Waals surface area contributed by atoms with Gasteiger partial charge in [-0.2, -0.15) is 0 Å². The molecule has 1 aliphatic rings. The fraction of sp³-hybridized carbons (Fsp3) is 0.111. The van der Waals surface area contributed by atoms with Gasteiger partial charge in [0.25, 0.3) is 0 Å². The molecule has 1 N–H and O–H groups in total. The van der Waals surface area contributed by atoms with Gasteiger partial charge in [0.05, 0.1) is 5.69 Å². The molecule has 0 radical (unpaired) electrons. The van der Waals surface area contributed by atoms with Gasteiger partial charge in [0, 0.05) is 40.5 Å². The quantitative estimate of drug-likeness (QED) is 0.578. The minimum absolute atomic E-state index is 0.109. The van der Waals surface area contributed by atoms with Gasteiger partial charge in [0.2, 0.25) is 5.56 Å². The van der Waals surface area contributed by atoms with Crippen LogP contribution < -0.4 is 5.56 Å². The maximum absolute atomic E-state index is 12.1. The van der Waals surface area contributed by atoms with Crippen LogP contribution in [0.15, 0.2) is 47.4 Å². The lowest BCUT2D eigenvalue weighted by atomic mass is 10.0. The lowest BCUT2D eigenvalue weighted by Crippen LogP contribution is -2.07. The Morgan fingerprint density at radius 2 is 2.00 bits per heavy atom. The van der Waals surface area contributed by atoms with Gasteiger partial charge in [-0.1, -0.05) is 23.7 Å². The van der Waals surface area contributed by atoms with E-state index in [1.54, 1.807) is 6.07 Å². The number of hydrogen-bond acceptors (Lipinski definition) is 2. The van der Waals surface area contributed by atoms with Crippen molar-refractivity contribution in [3.05, 3.63) is 74.8 Å². The number of halogens is 1. The van der Waals surface area contributed by atoms with Crippen LogP contribution in [0.1, 0.15) is 16.8 Å². The average Bonchev–Trinajstić information content (AvgIpc) is 2.85. The Bertz CT molecular complexity index is 942. The molecule has 1 aliphatic carbocycles. The number of nitrogens with one attached hydrogen (secondary N) is 1. The van der Waals surface area contributed by atoms with Crippen molar-refractivity contribution >= 4 is 11.6 Å². The van der Waals surface area contributed by atoms with Gasteiger partial charge in [-0.05, 0) is 41.8 Å². The number of pyridine rings is 2. The number of fused-ring (bicyclic) bond motifs is 3. The van der Waals surface area contributed by atoms with E-state index in [9.17, 15) is 4.79 Å². The number of aromatic nitrogens is 2. The van der Waals surface area contributed by atoms with E-state index in [0.29, 0.717) is 5.02 Å². The lowest BCUT2D eigenvalue weighted by molar-refractivity contribution is 1.17. The molecule has 0 amide bonds. The highest BCUT2D eigenvalue weighted by Crippen LogP contribution is 2.40. The van der Waals surface area contributed by atoms with Crippen LogP contribution in [0.3, 0.4) is 0 Å². The zero-order chi connectivity index (χ0) is 15.3. The van der Waals surface area contributed by atoms with Crippen molar-refractivity contribution in [2.75, 3.05) is 0 Å². The summed E-state index contributed by atoms with van der Waals surface area (Å²) in [4.78, 5) is 19.4. The second kappa shape index (κ2) is 4.82. The standard InChI is InChI=1S/C18H13ClN2O/c1-10-2-3-12(9-20-10)14-8-17(22)21-18-15-7-13(19)5-4-11(15)6-16(14)18/h2-5,7-9H,6H2,1H3,(H,21,22). The van der Waals surface area contributed by atoms with Crippen LogP contribution in [-0.4, -0.2) is 9.97 Å². The van der Waals surface area contributed by atoms with Crippen molar-refractivity contribution in [1.29, 1.82) is 0 Å². The number of rotatable bonds is 1. The zero-order valence-electron chi connectivity index (χ0n) is 12.0. The second-order valence-electron chi connectivity index (χ2n) is 5.57. The van der Waals surface area contributed by atoms with Crippen molar-refractivity contribution in [2.24, 2.45) is 0 Å². The van der Waals surface area contributed by atoms with E-state index in [-0.39, 0.29) is 5.56 Å². The van der Waals surface area contributed by atoms with E-state index in [2.05, 4.69) is 9.97 Å². The highest BCUT2D eigenvalue weighted by atomic mass is 35.5. The smallest absolute Gasteiger partial charge is 0.249 e. The molecule has 0 spiro atoms. The third-order valence-corrected chi connectivity index (χ3v) is 4.32. The molecule has 2 aromatic heterocycles. The molecular weight excluding hydrogens is 296 g/mol. The van der Waals surface area contributed by atoms with Gasteiger partial charge in [-0.25, -0.2) is 0 Å². The second-order valence-corrected chi connectivity index (χ2v) is 6.00. The molecule has 22 heavy (non-hydrogen) atoms. The number of aromatic amines is 1. The Labute approximate surface area is 132 Å². The van der Waals surface area contributed by atoms with Crippen molar-refractivity contribution < 1.29 is 0 Å². The Morgan fingerprint density at radius 3 is 2.77 bits per heavy atom. The van der Waals surface area contributed by atoms with Crippen molar-refractivity contribution in [3.8, 4) is 22.4 Å². The molecule has 2 heterocycles. The number of nitrogens with zero attached hydrogens (tertiary/aromatic N) is 1. The maximum atomic E-state index is 12.1. The van der Waals surface area contributed by atoms with E-state index in [1.807, 2.05) is 43.5 Å². The monoisotopic (exact) mass is 308 g/mol. The SMILES string of the molecule is Cc1ccc(-c2cc(=O)[nH]c3c2Cc2ccc(Cl)cc2-3)cn1. The molecule has 0 saturated carbocycles. The van der Waals surface area contributed by atoms with Crippen molar-refractivity contribution in [3.63, 3.8) is 0 Å². The molecule has 0 aliphatic heterocycles. The molecule has 0 fully saturated rings.